The van der Waals surface area contributed by atoms with Gasteiger partial charge in [-0.2, -0.15) is 5.26 Å². The van der Waals surface area contributed by atoms with Gasteiger partial charge in [0, 0.05) is 6.54 Å². The molecule has 0 aliphatic rings. The molecule has 16 heavy (non-hydrogen) atoms. The Hall–Kier alpha value is -2.02. The van der Waals surface area contributed by atoms with Gasteiger partial charge in [0.15, 0.2) is 0 Å². The van der Waals surface area contributed by atoms with Crippen molar-refractivity contribution in [2.24, 2.45) is 0 Å². The second kappa shape index (κ2) is 6.46. The van der Waals surface area contributed by atoms with Crippen LogP contribution >= 0.6 is 0 Å². The van der Waals surface area contributed by atoms with Crippen LogP contribution in [-0.2, 0) is 6.42 Å². The Balaban J connectivity index is 2.23. The molecule has 2 N–H and O–H groups in total. The zero-order chi connectivity index (χ0) is 11.8. The van der Waals surface area contributed by atoms with Crippen molar-refractivity contribution in [3.8, 4) is 6.07 Å². The van der Waals surface area contributed by atoms with Crippen LogP contribution in [0.1, 0.15) is 11.1 Å². The van der Waals surface area contributed by atoms with E-state index in [2.05, 4.69) is 10.6 Å². The lowest BCUT2D eigenvalue weighted by Gasteiger charge is -2.05. The van der Waals surface area contributed by atoms with Crippen LogP contribution < -0.4 is 10.6 Å². The van der Waals surface area contributed by atoms with Crippen LogP contribution in [0, 0.1) is 18.3 Å². The summed E-state index contributed by atoms with van der Waals surface area (Å²) in [6, 6.07) is 9.73. The summed E-state index contributed by atoms with van der Waals surface area (Å²) in [6.07, 6.45) is 0.792. The summed E-state index contributed by atoms with van der Waals surface area (Å²) in [6.45, 7) is 2.65. The highest BCUT2D eigenvalue weighted by atomic mass is 16.2. The van der Waals surface area contributed by atoms with Gasteiger partial charge in [-0.1, -0.05) is 29.8 Å². The van der Waals surface area contributed by atoms with E-state index in [4.69, 9.17) is 5.26 Å². The summed E-state index contributed by atoms with van der Waals surface area (Å²) in [4.78, 5) is 11.1. The van der Waals surface area contributed by atoms with E-state index in [1.165, 1.54) is 11.1 Å². The first-order valence-corrected chi connectivity index (χ1v) is 5.16. The predicted molar refractivity (Wildman–Crippen MR) is 61.9 cm³/mol. The molecule has 0 radical (unpaired) electrons. The average molecular weight is 217 g/mol. The number of nitrogens with one attached hydrogen (secondary N) is 2. The highest BCUT2D eigenvalue weighted by Crippen LogP contribution is 2.02. The molecule has 84 valence electrons. The Labute approximate surface area is 95.3 Å². The van der Waals surface area contributed by atoms with Gasteiger partial charge in [0.05, 0.1) is 6.07 Å². The average Bonchev–Trinajstić information content (AvgIpc) is 2.29. The van der Waals surface area contributed by atoms with E-state index in [0.717, 1.165) is 6.42 Å². The van der Waals surface area contributed by atoms with Crippen LogP contribution in [0.25, 0.3) is 0 Å². The highest BCUT2D eigenvalue weighted by Gasteiger charge is 1.98. The first kappa shape index (κ1) is 12.1. The molecule has 1 aromatic carbocycles. The number of hydrogen-bond acceptors (Lipinski definition) is 2. The summed E-state index contributed by atoms with van der Waals surface area (Å²) in [5.41, 5.74) is 2.41. The molecule has 0 aromatic heterocycles. The minimum atomic E-state index is -0.298. The Kier molecular flexibility index (Phi) is 4.87. The Morgan fingerprint density at radius 2 is 2.00 bits per heavy atom. The van der Waals surface area contributed by atoms with Gasteiger partial charge in [-0.25, -0.2) is 4.79 Å². The number of urea groups is 1. The van der Waals surface area contributed by atoms with Crippen molar-refractivity contribution in [1.82, 2.24) is 10.6 Å². The molecule has 0 saturated carbocycles. The van der Waals surface area contributed by atoms with E-state index in [9.17, 15) is 4.79 Å². The third kappa shape index (κ3) is 4.47. The SMILES string of the molecule is Cc1ccc(CCNC(=O)NCC#N)cc1. The molecule has 0 unspecified atom stereocenters. The lowest BCUT2D eigenvalue weighted by molar-refractivity contribution is 0.242. The van der Waals surface area contributed by atoms with E-state index in [-0.39, 0.29) is 12.6 Å². The third-order valence-electron chi connectivity index (χ3n) is 2.15. The van der Waals surface area contributed by atoms with E-state index < -0.39 is 0 Å². The van der Waals surface area contributed by atoms with E-state index in [1.54, 1.807) is 0 Å². The number of carbonyl (C=O) groups excluding carboxylic acids is 1. The maximum absolute atomic E-state index is 11.1. The number of benzene rings is 1. The van der Waals surface area contributed by atoms with Crippen molar-refractivity contribution >= 4 is 6.03 Å². The van der Waals surface area contributed by atoms with Crippen molar-refractivity contribution < 1.29 is 4.79 Å². The van der Waals surface area contributed by atoms with E-state index in [0.29, 0.717) is 6.54 Å². The van der Waals surface area contributed by atoms with Crippen molar-refractivity contribution in [3.05, 3.63) is 35.4 Å². The topological polar surface area (TPSA) is 64.9 Å². The van der Waals surface area contributed by atoms with Gasteiger partial charge in [0.25, 0.3) is 0 Å². The summed E-state index contributed by atoms with van der Waals surface area (Å²) >= 11 is 0. The number of nitriles is 1. The Morgan fingerprint density at radius 3 is 2.62 bits per heavy atom. The minimum Gasteiger partial charge on any atom is -0.338 e. The maximum Gasteiger partial charge on any atom is 0.315 e. The molecule has 4 nitrogen and oxygen atoms in total. The smallest absolute Gasteiger partial charge is 0.315 e. The molecule has 0 heterocycles. The van der Waals surface area contributed by atoms with Crippen LogP contribution in [0.15, 0.2) is 24.3 Å². The lowest BCUT2D eigenvalue weighted by Crippen LogP contribution is -2.36. The summed E-state index contributed by atoms with van der Waals surface area (Å²) in [5.74, 6) is 0. The van der Waals surface area contributed by atoms with Crippen LogP contribution in [0.5, 0.6) is 0 Å². The number of rotatable bonds is 4. The second-order valence-corrected chi connectivity index (χ2v) is 3.50. The molecule has 0 fully saturated rings. The molecule has 0 saturated heterocycles. The van der Waals surface area contributed by atoms with Crippen molar-refractivity contribution in [3.63, 3.8) is 0 Å². The fraction of sp³-hybridized carbons (Fsp3) is 0.333. The fourth-order valence-electron chi connectivity index (χ4n) is 1.26. The zero-order valence-electron chi connectivity index (χ0n) is 9.29. The van der Waals surface area contributed by atoms with Gasteiger partial charge >= 0.3 is 6.03 Å². The molecule has 0 bridgehead atoms. The van der Waals surface area contributed by atoms with E-state index >= 15 is 0 Å². The first-order valence-electron chi connectivity index (χ1n) is 5.16. The van der Waals surface area contributed by atoms with Gasteiger partial charge in [0.2, 0.25) is 0 Å². The first-order chi connectivity index (χ1) is 7.72. The molecule has 1 aromatic rings. The highest BCUT2D eigenvalue weighted by molar-refractivity contribution is 5.73. The van der Waals surface area contributed by atoms with Gasteiger partial charge in [-0.15, -0.1) is 0 Å². The fourth-order valence-corrected chi connectivity index (χ4v) is 1.26. The van der Waals surface area contributed by atoms with Gasteiger partial charge in [-0.05, 0) is 18.9 Å². The number of amides is 2. The second-order valence-electron chi connectivity index (χ2n) is 3.50. The molecular formula is C12H15N3O. The Morgan fingerprint density at radius 1 is 1.31 bits per heavy atom. The number of aryl methyl sites for hydroxylation is 1. The lowest BCUT2D eigenvalue weighted by atomic mass is 10.1. The molecular weight excluding hydrogens is 202 g/mol. The number of nitrogens with zero attached hydrogens (tertiary/aromatic N) is 1. The molecule has 4 heteroatoms. The summed E-state index contributed by atoms with van der Waals surface area (Å²) in [5, 5.41) is 13.3. The quantitative estimate of drug-likeness (QED) is 0.748. The Bertz CT molecular complexity index is 378. The largest absolute Gasteiger partial charge is 0.338 e. The number of carbonyl (C=O) groups is 1. The zero-order valence-corrected chi connectivity index (χ0v) is 9.29. The molecule has 0 aliphatic heterocycles. The monoisotopic (exact) mass is 217 g/mol. The molecule has 1 rings (SSSR count). The molecule has 0 aliphatic carbocycles. The van der Waals surface area contributed by atoms with E-state index in [1.807, 2.05) is 37.3 Å². The molecule has 0 spiro atoms. The molecule has 2 amide bonds. The molecule has 0 atom stereocenters. The van der Waals surface area contributed by atoms with Crippen LogP contribution in [-0.4, -0.2) is 19.1 Å². The summed E-state index contributed by atoms with van der Waals surface area (Å²) in [7, 11) is 0. The third-order valence-corrected chi connectivity index (χ3v) is 2.15. The van der Waals surface area contributed by atoms with Crippen LogP contribution in [0.3, 0.4) is 0 Å². The van der Waals surface area contributed by atoms with Gasteiger partial charge < -0.3 is 10.6 Å². The van der Waals surface area contributed by atoms with Gasteiger partial charge in [0.1, 0.15) is 6.54 Å². The van der Waals surface area contributed by atoms with Crippen molar-refractivity contribution in [2.75, 3.05) is 13.1 Å². The van der Waals surface area contributed by atoms with Crippen molar-refractivity contribution in [2.45, 2.75) is 13.3 Å². The van der Waals surface area contributed by atoms with Gasteiger partial charge in [-0.3, -0.25) is 0 Å². The standard InChI is InChI=1S/C12H15N3O/c1-10-2-4-11(5-3-10)6-8-14-12(16)15-9-7-13/h2-5H,6,8-9H2,1H3,(H2,14,15,16). The van der Waals surface area contributed by atoms with Crippen LogP contribution in [0.4, 0.5) is 4.79 Å². The van der Waals surface area contributed by atoms with Crippen LogP contribution in [0.2, 0.25) is 0 Å². The van der Waals surface area contributed by atoms with Crippen molar-refractivity contribution in [1.29, 1.82) is 5.26 Å². The maximum atomic E-state index is 11.1. The predicted octanol–water partition coefficient (Wildman–Crippen LogP) is 1.36. The minimum absolute atomic E-state index is 0.0381. The summed E-state index contributed by atoms with van der Waals surface area (Å²) < 4.78 is 0. The normalized spacial score (nSPS) is 9.25. The number of hydrogen-bond donors (Lipinski definition) is 2.